The lowest BCUT2D eigenvalue weighted by atomic mass is 9.92. The largest absolute Gasteiger partial charge is 0.337 e. The summed E-state index contributed by atoms with van der Waals surface area (Å²) in [5.41, 5.74) is 0. The first-order chi connectivity index (χ1) is 7.16. The highest BCUT2D eigenvalue weighted by atomic mass is 19.1. The SMILES string of the molecule is CCCCN(C(C)=O)C1CCCCC1F. The summed E-state index contributed by atoms with van der Waals surface area (Å²) >= 11 is 0. The van der Waals surface area contributed by atoms with Crippen LogP contribution >= 0.6 is 0 Å². The summed E-state index contributed by atoms with van der Waals surface area (Å²) in [5, 5.41) is 0. The van der Waals surface area contributed by atoms with Gasteiger partial charge in [0.25, 0.3) is 0 Å². The summed E-state index contributed by atoms with van der Waals surface area (Å²) in [5.74, 6) is 0.0259. The van der Waals surface area contributed by atoms with Gasteiger partial charge in [0.05, 0.1) is 6.04 Å². The fourth-order valence-corrected chi connectivity index (χ4v) is 2.30. The van der Waals surface area contributed by atoms with Gasteiger partial charge in [-0.05, 0) is 19.3 Å². The van der Waals surface area contributed by atoms with Gasteiger partial charge in [-0.25, -0.2) is 4.39 Å². The molecular weight excluding hydrogens is 193 g/mol. The number of amides is 1. The second kappa shape index (κ2) is 6.09. The Labute approximate surface area is 91.8 Å². The van der Waals surface area contributed by atoms with Gasteiger partial charge >= 0.3 is 0 Å². The van der Waals surface area contributed by atoms with E-state index < -0.39 is 6.17 Å². The molecule has 1 saturated carbocycles. The average Bonchev–Trinajstić information content (AvgIpc) is 2.20. The van der Waals surface area contributed by atoms with Gasteiger partial charge in [-0.1, -0.05) is 26.2 Å². The van der Waals surface area contributed by atoms with Crippen molar-refractivity contribution in [3.05, 3.63) is 0 Å². The van der Waals surface area contributed by atoms with Gasteiger partial charge in [0.2, 0.25) is 5.91 Å². The molecule has 0 aliphatic heterocycles. The fourth-order valence-electron chi connectivity index (χ4n) is 2.30. The van der Waals surface area contributed by atoms with E-state index >= 15 is 0 Å². The van der Waals surface area contributed by atoms with Gasteiger partial charge in [0.1, 0.15) is 6.17 Å². The summed E-state index contributed by atoms with van der Waals surface area (Å²) in [6, 6.07) is -0.150. The summed E-state index contributed by atoms with van der Waals surface area (Å²) in [6.45, 7) is 4.36. The van der Waals surface area contributed by atoms with Gasteiger partial charge in [0.15, 0.2) is 0 Å². The maximum Gasteiger partial charge on any atom is 0.219 e. The van der Waals surface area contributed by atoms with Crippen molar-refractivity contribution in [1.82, 2.24) is 4.90 Å². The molecule has 1 fully saturated rings. The predicted octanol–water partition coefficient (Wildman–Crippen LogP) is 2.92. The molecule has 0 radical (unpaired) electrons. The minimum absolute atomic E-state index is 0.0259. The van der Waals surface area contributed by atoms with Crippen molar-refractivity contribution in [3.63, 3.8) is 0 Å². The van der Waals surface area contributed by atoms with Crippen LogP contribution in [-0.2, 0) is 4.79 Å². The minimum atomic E-state index is -0.806. The zero-order valence-corrected chi connectivity index (χ0v) is 9.84. The Morgan fingerprint density at radius 2 is 2.07 bits per heavy atom. The molecule has 0 aromatic rings. The molecule has 88 valence electrons. The number of rotatable bonds is 4. The molecule has 1 amide bonds. The number of halogens is 1. The molecule has 0 N–H and O–H groups in total. The van der Waals surface area contributed by atoms with Gasteiger partial charge in [0, 0.05) is 13.5 Å². The molecular formula is C12H22FNO. The number of alkyl halides is 1. The lowest BCUT2D eigenvalue weighted by Gasteiger charge is -2.36. The third-order valence-corrected chi connectivity index (χ3v) is 3.20. The van der Waals surface area contributed by atoms with Crippen molar-refractivity contribution in [1.29, 1.82) is 0 Å². The van der Waals surface area contributed by atoms with E-state index in [0.717, 1.165) is 38.6 Å². The number of hydrogen-bond acceptors (Lipinski definition) is 1. The molecule has 0 heterocycles. The standard InChI is InChI=1S/C12H22FNO/c1-3-4-9-14(10(2)15)12-8-6-5-7-11(12)13/h11-12H,3-9H2,1-2H3. The van der Waals surface area contributed by atoms with Gasteiger partial charge in [-0.3, -0.25) is 4.79 Å². The van der Waals surface area contributed by atoms with Gasteiger partial charge in [-0.2, -0.15) is 0 Å². The molecule has 15 heavy (non-hydrogen) atoms. The number of nitrogens with zero attached hydrogens (tertiary/aromatic N) is 1. The highest BCUT2D eigenvalue weighted by Crippen LogP contribution is 2.26. The lowest BCUT2D eigenvalue weighted by Crippen LogP contribution is -2.46. The number of hydrogen-bond donors (Lipinski definition) is 0. The lowest BCUT2D eigenvalue weighted by molar-refractivity contribution is -0.133. The van der Waals surface area contributed by atoms with Gasteiger partial charge in [-0.15, -0.1) is 0 Å². The van der Waals surface area contributed by atoms with Crippen LogP contribution in [-0.4, -0.2) is 29.6 Å². The number of carbonyl (C=O) groups is 1. The minimum Gasteiger partial charge on any atom is -0.337 e. The second-order valence-corrected chi connectivity index (χ2v) is 4.43. The van der Waals surface area contributed by atoms with Crippen LogP contribution in [0.25, 0.3) is 0 Å². The van der Waals surface area contributed by atoms with Crippen molar-refractivity contribution >= 4 is 5.91 Å². The van der Waals surface area contributed by atoms with Crippen LogP contribution in [0, 0.1) is 0 Å². The number of carbonyl (C=O) groups excluding carboxylic acids is 1. The molecule has 2 nitrogen and oxygen atoms in total. The van der Waals surface area contributed by atoms with E-state index in [1.54, 1.807) is 11.8 Å². The van der Waals surface area contributed by atoms with E-state index in [-0.39, 0.29) is 11.9 Å². The monoisotopic (exact) mass is 215 g/mol. The molecule has 0 bridgehead atoms. The summed E-state index contributed by atoms with van der Waals surface area (Å²) in [4.78, 5) is 13.2. The van der Waals surface area contributed by atoms with Crippen LogP contribution in [0.15, 0.2) is 0 Å². The van der Waals surface area contributed by atoms with Crippen LogP contribution in [0.1, 0.15) is 52.4 Å². The summed E-state index contributed by atoms with van der Waals surface area (Å²) in [6.07, 6.45) is 4.71. The number of unbranched alkanes of at least 4 members (excludes halogenated alkanes) is 1. The third-order valence-electron chi connectivity index (χ3n) is 3.20. The van der Waals surface area contributed by atoms with E-state index in [4.69, 9.17) is 0 Å². The highest BCUT2D eigenvalue weighted by molar-refractivity contribution is 5.73. The molecule has 1 aliphatic rings. The van der Waals surface area contributed by atoms with Crippen molar-refractivity contribution in [2.75, 3.05) is 6.54 Å². The second-order valence-electron chi connectivity index (χ2n) is 4.43. The van der Waals surface area contributed by atoms with E-state index in [0.29, 0.717) is 6.42 Å². The molecule has 1 rings (SSSR count). The Bertz CT molecular complexity index is 208. The molecule has 2 unspecified atom stereocenters. The highest BCUT2D eigenvalue weighted by Gasteiger charge is 2.30. The Morgan fingerprint density at radius 3 is 2.60 bits per heavy atom. The van der Waals surface area contributed by atoms with Crippen LogP contribution in [0.4, 0.5) is 4.39 Å². The first-order valence-electron chi connectivity index (χ1n) is 6.08. The maximum atomic E-state index is 13.7. The molecule has 1 aliphatic carbocycles. The van der Waals surface area contributed by atoms with Gasteiger partial charge < -0.3 is 4.90 Å². The van der Waals surface area contributed by atoms with Crippen molar-refractivity contribution in [2.45, 2.75) is 64.6 Å². The molecule has 0 saturated heterocycles. The van der Waals surface area contributed by atoms with E-state index in [9.17, 15) is 9.18 Å². The van der Waals surface area contributed by atoms with E-state index in [2.05, 4.69) is 6.92 Å². The molecule has 0 aromatic heterocycles. The summed E-state index contributed by atoms with van der Waals surface area (Å²) < 4.78 is 13.7. The van der Waals surface area contributed by atoms with Crippen molar-refractivity contribution in [3.8, 4) is 0 Å². The Hall–Kier alpha value is -0.600. The molecule has 0 spiro atoms. The Kier molecular flexibility index (Phi) is 5.06. The summed E-state index contributed by atoms with van der Waals surface area (Å²) in [7, 11) is 0. The Morgan fingerprint density at radius 1 is 1.40 bits per heavy atom. The Balaban J connectivity index is 2.56. The fraction of sp³-hybridized carbons (Fsp3) is 0.917. The van der Waals surface area contributed by atoms with Crippen molar-refractivity contribution in [2.24, 2.45) is 0 Å². The van der Waals surface area contributed by atoms with Crippen LogP contribution in [0.3, 0.4) is 0 Å². The smallest absolute Gasteiger partial charge is 0.219 e. The molecule has 2 atom stereocenters. The van der Waals surface area contributed by atoms with Crippen molar-refractivity contribution < 1.29 is 9.18 Å². The van der Waals surface area contributed by atoms with Crippen LogP contribution < -0.4 is 0 Å². The van der Waals surface area contributed by atoms with E-state index in [1.165, 1.54) is 0 Å². The maximum absolute atomic E-state index is 13.7. The first-order valence-corrected chi connectivity index (χ1v) is 6.08. The van der Waals surface area contributed by atoms with Crippen LogP contribution in [0.2, 0.25) is 0 Å². The first kappa shape index (κ1) is 12.5. The average molecular weight is 215 g/mol. The normalized spacial score (nSPS) is 26.3. The van der Waals surface area contributed by atoms with Crippen LogP contribution in [0.5, 0.6) is 0 Å². The topological polar surface area (TPSA) is 20.3 Å². The third kappa shape index (κ3) is 3.47. The molecule has 3 heteroatoms. The van der Waals surface area contributed by atoms with E-state index in [1.807, 2.05) is 0 Å². The zero-order valence-electron chi connectivity index (χ0n) is 9.84. The molecule has 0 aromatic carbocycles. The predicted molar refractivity (Wildman–Crippen MR) is 59.4 cm³/mol. The quantitative estimate of drug-likeness (QED) is 0.706. The zero-order chi connectivity index (χ0) is 11.3.